The fraction of sp³-hybridized carbons (Fsp3) is 0.818. The summed E-state index contributed by atoms with van der Waals surface area (Å²) < 4.78 is 29.0. The molecule has 0 aliphatic rings. The maximum atomic E-state index is 12.1. The Balaban J connectivity index is 4.98. The summed E-state index contributed by atoms with van der Waals surface area (Å²) in [5.41, 5.74) is 0. The third kappa shape index (κ3) is 4.79. The molecule has 112 valence electrons. The van der Waals surface area contributed by atoms with Crippen LogP contribution in [0.15, 0.2) is 0 Å². The van der Waals surface area contributed by atoms with E-state index >= 15 is 0 Å². The summed E-state index contributed by atoms with van der Waals surface area (Å²) in [6, 6.07) is 0. The number of sulfone groups is 1. The molecule has 0 aromatic rings. The zero-order chi connectivity index (χ0) is 15.2. The van der Waals surface area contributed by atoms with Gasteiger partial charge in [0.15, 0.2) is 15.1 Å². The number of hydrogen-bond acceptors (Lipinski definition) is 5. The minimum absolute atomic E-state index is 0.175. The average molecular weight is 295 g/mol. The predicted molar refractivity (Wildman–Crippen MR) is 69.5 cm³/mol. The van der Waals surface area contributed by atoms with Crippen molar-refractivity contribution < 1.29 is 27.9 Å². The van der Waals surface area contributed by atoms with Crippen LogP contribution in [0.2, 0.25) is 0 Å². The maximum Gasteiger partial charge on any atom is 0.322 e. The lowest BCUT2D eigenvalue weighted by molar-refractivity contribution is -0.137. The molecule has 0 aromatic heterocycles. The van der Waals surface area contributed by atoms with E-state index in [0.717, 1.165) is 0 Å². The van der Waals surface area contributed by atoms with Gasteiger partial charge >= 0.3 is 5.97 Å². The minimum atomic E-state index is -4.09. The van der Waals surface area contributed by atoms with Crippen molar-refractivity contribution in [2.45, 2.75) is 31.3 Å². The van der Waals surface area contributed by atoms with Gasteiger partial charge in [-0.2, -0.15) is 0 Å². The first-order chi connectivity index (χ1) is 8.66. The highest BCUT2D eigenvalue weighted by Crippen LogP contribution is 2.18. The number of carboxylic acids is 1. The summed E-state index contributed by atoms with van der Waals surface area (Å²) in [6.45, 7) is 4.60. The zero-order valence-electron chi connectivity index (χ0n) is 11.5. The number of carbonyl (C=O) groups is 2. The molecule has 0 bridgehead atoms. The quantitative estimate of drug-likeness (QED) is 0.593. The molecule has 0 aromatic carbocycles. The molecule has 0 fully saturated rings. The smallest absolute Gasteiger partial charge is 0.322 e. The van der Waals surface area contributed by atoms with Crippen molar-refractivity contribution in [3.05, 3.63) is 0 Å². The van der Waals surface area contributed by atoms with Gasteiger partial charge in [0.1, 0.15) is 5.25 Å². The summed E-state index contributed by atoms with van der Waals surface area (Å²) in [5, 5.41) is 8.38. The lowest BCUT2D eigenvalue weighted by Crippen LogP contribution is -2.47. The van der Waals surface area contributed by atoms with Gasteiger partial charge in [-0.3, -0.25) is 9.59 Å². The van der Waals surface area contributed by atoms with Crippen LogP contribution in [0, 0.1) is 5.92 Å². The lowest BCUT2D eigenvalue weighted by Gasteiger charge is -2.21. The molecule has 0 aliphatic heterocycles. The maximum absolute atomic E-state index is 12.1. The lowest BCUT2D eigenvalue weighted by atomic mass is 10.1. The number of ether oxygens (including phenoxy) is 1. The second-order valence-electron chi connectivity index (χ2n) is 4.52. The molecule has 0 saturated carbocycles. The van der Waals surface area contributed by atoms with Gasteiger partial charge < -0.3 is 15.2 Å². The van der Waals surface area contributed by atoms with Crippen LogP contribution < -0.4 is 5.32 Å². The van der Waals surface area contributed by atoms with E-state index < -0.39 is 38.1 Å². The predicted octanol–water partition coefficient (Wildman–Crippen LogP) is -0.338. The van der Waals surface area contributed by atoms with Crippen LogP contribution in [0.1, 0.15) is 20.8 Å². The van der Waals surface area contributed by atoms with Crippen LogP contribution in [-0.2, 0) is 24.2 Å². The third-order valence-electron chi connectivity index (χ3n) is 2.67. The monoisotopic (exact) mass is 295 g/mol. The first-order valence-electron chi connectivity index (χ1n) is 5.88. The fourth-order valence-electron chi connectivity index (χ4n) is 1.59. The molecule has 0 rings (SSSR count). The molecule has 2 atom stereocenters. The fourth-order valence-corrected chi connectivity index (χ4v) is 3.46. The van der Waals surface area contributed by atoms with E-state index in [9.17, 15) is 18.0 Å². The SMILES string of the molecule is COCCNC(=O)C(C)S(=O)(=O)C(C(=O)O)C(C)C. The molecular weight excluding hydrogens is 274 g/mol. The van der Waals surface area contributed by atoms with Crippen molar-refractivity contribution in [3.63, 3.8) is 0 Å². The highest BCUT2D eigenvalue weighted by Gasteiger charge is 2.41. The Morgan fingerprint density at radius 2 is 1.79 bits per heavy atom. The topological polar surface area (TPSA) is 110 Å². The molecule has 0 radical (unpaired) electrons. The molecule has 2 N–H and O–H groups in total. The molecular formula is C11H21NO6S. The molecule has 0 saturated heterocycles. The van der Waals surface area contributed by atoms with Crippen LogP contribution in [0.5, 0.6) is 0 Å². The van der Waals surface area contributed by atoms with Crippen LogP contribution in [-0.4, -0.2) is 56.2 Å². The molecule has 0 aliphatic carbocycles. The van der Waals surface area contributed by atoms with Crippen molar-refractivity contribution in [2.24, 2.45) is 5.92 Å². The summed E-state index contributed by atoms with van der Waals surface area (Å²) in [7, 11) is -2.64. The Bertz CT molecular complexity index is 417. The summed E-state index contributed by atoms with van der Waals surface area (Å²) in [5.74, 6) is -2.77. The van der Waals surface area contributed by atoms with E-state index in [1.54, 1.807) is 0 Å². The Labute approximate surface area is 113 Å². The number of carbonyl (C=O) groups excluding carboxylic acids is 1. The standard InChI is InChI=1S/C11H21NO6S/c1-7(2)9(11(14)15)19(16,17)8(3)10(13)12-5-6-18-4/h7-9H,5-6H2,1-4H3,(H,12,13)(H,14,15). The Morgan fingerprint density at radius 1 is 1.26 bits per heavy atom. The van der Waals surface area contributed by atoms with Crippen molar-refractivity contribution in [1.82, 2.24) is 5.32 Å². The first-order valence-corrected chi connectivity index (χ1v) is 7.49. The normalized spacial score (nSPS) is 15.0. The average Bonchev–Trinajstić information content (AvgIpc) is 2.26. The summed E-state index contributed by atoms with van der Waals surface area (Å²) in [4.78, 5) is 22.7. The molecule has 1 amide bonds. The van der Waals surface area contributed by atoms with Crippen LogP contribution >= 0.6 is 0 Å². The number of carboxylic acid groups (broad SMARTS) is 1. The van der Waals surface area contributed by atoms with Gasteiger partial charge in [0.25, 0.3) is 0 Å². The summed E-state index contributed by atoms with van der Waals surface area (Å²) in [6.07, 6.45) is 0. The Morgan fingerprint density at radius 3 is 2.16 bits per heavy atom. The van der Waals surface area contributed by atoms with Crippen molar-refractivity contribution >= 4 is 21.7 Å². The highest BCUT2D eigenvalue weighted by atomic mass is 32.2. The number of rotatable bonds is 8. The van der Waals surface area contributed by atoms with E-state index in [1.165, 1.54) is 27.9 Å². The molecule has 2 unspecified atom stereocenters. The largest absolute Gasteiger partial charge is 0.480 e. The Kier molecular flexibility index (Phi) is 6.99. The molecule has 0 heterocycles. The molecule has 7 nitrogen and oxygen atoms in total. The van der Waals surface area contributed by atoms with Gasteiger partial charge in [0, 0.05) is 13.7 Å². The van der Waals surface area contributed by atoms with Gasteiger partial charge in [-0.1, -0.05) is 13.8 Å². The van der Waals surface area contributed by atoms with Gasteiger partial charge in [-0.15, -0.1) is 0 Å². The third-order valence-corrected chi connectivity index (χ3v) is 5.32. The van der Waals surface area contributed by atoms with Crippen LogP contribution in [0.4, 0.5) is 0 Å². The van der Waals surface area contributed by atoms with Crippen molar-refractivity contribution in [1.29, 1.82) is 0 Å². The van der Waals surface area contributed by atoms with Gasteiger partial charge in [0.2, 0.25) is 5.91 Å². The number of methoxy groups -OCH3 is 1. The number of hydrogen-bond donors (Lipinski definition) is 2. The first kappa shape index (κ1) is 17.8. The number of nitrogens with one attached hydrogen (secondary N) is 1. The van der Waals surface area contributed by atoms with Crippen molar-refractivity contribution in [3.8, 4) is 0 Å². The number of amides is 1. The van der Waals surface area contributed by atoms with E-state index in [-0.39, 0.29) is 13.2 Å². The van der Waals surface area contributed by atoms with Gasteiger partial charge in [-0.25, -0.2) is 8.42 Å². The van der Waals surface area contributed by atoms with Gasteiger partial charge in [-0.05, 0) is 12.8 Å². The molecule has 19 heavy (non-hydrogen) atoms. The van der Waals surface area contributed by atoms with Crippen molar-refractivity contribution in [2.75, 3.05) is 20.3 Å². The molecule has 0 spiro atoms. The van der Waals surface area contributed by atoms with E-state index in [1.807, 2.05) is 0 Å². The van der Waals surface area contributed by atoms with Crippen LogP contribution in [0.25, 0.3) is 0 Å². The zero-order valence-corrected chi connectivity index (χ0v) is 12.4. The molecule has 8 heteroatoms. The van der Waals surface area contributed by atoms with Crippen LogP contribution in [0.3, 0.4) is 0 Å². The second kappa shape index (κ2) is 7.44. The summed E-state index contributed by atoms with van der Waals surface area (Å²) >= 11 is 0. The number of aliphatic carboxylic acids is 1. The van der Waals surface area contributed by atoms with E-state index in [0.29, 0.717) is 0 Å². The van der Waals surface area contributed by atoms with Gasteiger partial charge in [0.05, 0.1) is 6.61 Å². The highest BCUT2D eigenvalue weighted by molar-refractivity contribution is 7.94. The van der Waals surface area contributed by atoms with E-state index in [2.05, 4.69) is 5.32 Å². The van der Waals surface area contributed by atoms with E-state index in [4.69, 9.17) is 9.84 Å². The Hall–Kier alpha value is -1.15. The second-order valence-corrected chi connectivity index (χ2v) is 6.91. The minimum Gasteiger partial charge on any atom is -0.480 e.